The van der Waals surface area contributed by atoms with Gasteiger partial charge in [0.15, 0.2) is 5.54 Å². The number of halogens is 2. The number of fused-ring (bicyclic) bond motifs is 1. The molecule has 3 heterocycles. The van der Waals surface area contributed by atoms with Crippen LogP contribution in [0, 0.1) is 0 Å². The van der Waals surface area contributed by atoms with Gasteiger partial charge < -0.3 is 19.2 Å². The Morgan fingerprint density at radius 1 is 1.04 bits per heavy atom. The van der Waals surface area contributed by atoms with E-state index in [1.165, 1.54) is 50.8 Å². The largest absolute Gasteiger partial charge is 0.497 e. The normalized spacial score (nSPS) is 20.1. The molecule has 2 aliphatic heterocycles. The maximum atomic E-state index is 15.4. The van der Waals surface area contributed by atoms with Crippen molar-refractivity contribution in [2.45, 2.75) is 42.8 Å². The Morgan fingerprint density at radius 2 is 1.80 bits per heavy atom. The van der Waals surface area contributed by atoms with Crippen LogP contribution >= 0.6 is 23.2 Å². The first kappa shape index (κ1) is 31.4. The van der Waals surface area contributed by atoms with Crippen molar-refractivity contribution in [1.82, 2.24) is 15.2 Å². The number of rotatable bonds is 10. The van der Waals surface area contributed by atoms with Gasteiger partial charge in [0, 0.05) is 24.2 Å². The first-order valence-corrected chi connectivity index (χ1v) is 16.7. The van der Waals surface area contributed by atoms with Crippen LogP contribution in [0.25, 0.3) is 0 Å². The molecule has 2 atom stereocenters. The zero-order chi connectivity index (χ0) is 31.9. The van der Waals surface area contributed by atoms with Crippen molar-refractivity contribution in [3.05, 3.63) is 99.7 Å². The fourth-order valence-corrected chi connectivity index (χ4v) is 8.16. The SMILES string of the molecule is CCNCc1ccc(OC)c(C2(N3CCCC3c3ncco3)C(=O)N(S(=O)(=O)c3ccc(OC)cc3)c3cc(Cl)c(Cl)cc32)c1. The van der Waals surface area contributed by atoms with Crippen molar-refractivity contribution in [2.75, 3.05) is 31.6 Å². The highest BCUT2D eigenvalue weighted by atomic mass is 35.5. The van der Waals surface area contributed by atoms with Crippen molar-refractivity contribution < 1.29 is 27.1 Å². The Bertz CT molecular complexity index is 1840. The summed E-state index contributed by atoms with van der Waals surface area (Å²) in [6.45, 7) is 3.68. The number of nitrogens with one attached hydrogen (secondary N) is 1. The van der Waals surface area contributed by atoms with Gasteiger partial charge >= 0.3 is 0 Å². The lowest BCUT2D eigenvalue weighted by Crippen LogP contribution is -2.54. The van der Waals surface area contributed by atoms with Crippen molar-refractivity contribution in [3.63, 3.8) is 0 Å². The summed E-state index contributed by atoms with van der Waals surface area (Å²) in [5.74, 6) is 0.575. The van der Waals surface area contributed by atoms with Crippen LogP contribution in [0.3, 0.4) is 0 Å². The minimum absolute atomic E-state index is 0.0944. The van der Waals surface area contributed by atoms with Gasteiger partial charge in [-0.2, -0.15) is 0 Å². The highest BCUT2D eigenvalue weighted by molar-refractivity contribution is 7.93. The van der Waals surface area contributed by atoms with E-state index in [1.54, 1.807) is 18.3 Å². The Hall–Kier alpha value is -3.61. The number of anilines is 1. The lowest BCUT2D eigenvalue weighted by atomic mass is 9.80. The topological polar surface area (TPSA) is 114 Å². The molecule has 10 nitrogen and oxygen atoms in total. The molecule has 0 bridgehead atoms. The van der Waals surface area contributed by atoms with Gasteiger partial charge in [-0.05, 0) is 73.5 Å². The molecule has 1 N–H and O–H groups in total. The molecular formula is C32H32Cl2N4O6S. The van der Waals surface area contributed by atoms with E-state index in [1.807, 2.05) is 24.0 Å². The minimum atomic E-state index is -4.47. The predicted molar refractivity (Wildman–Crippen MR) is 170 cm³/mol. The average Bonchev–Trinajstić information content (AvgIpc) is 3.79. The molecule has 2 aliphatic rings. The molecule has 0 aliphatic carbocycles. The van der Waals surface area contributed by atoms with Crippen molar-refractivity contribution in [2.24, 2.45) is 0 Å². The molecule has 45 heavy (non-hydrogen) atoms. The summed E-state index contributed by atoms with van der Waals surface area (Å²) in [5.41, 5.74) is 0.0891. The summed E-state index contributed by atoms with van der Waals surface area (Å²) in [6, 6.07) is 14.0. The molecule has 3 aromatic carbocycles. The molecule has 0 spiro atoms. The van der Waals surface area contributed by atoms with E-state index in [9.17, 15) is 8.42 Å². The number of nitrogens with zero attached hydrogens (tertiary/aromatic N) is 3. The molecule has 13 heteroatoms. The number of hydrogen-bond donors (Lipinski definition) is 1. The van der Waals surface area contributed by atoms with Crippen LogP contribution in [-0.2, 0) is 26.9 Å². The van der Waals surface area contributed by atoms with Gasteiger partial charge in [-0.15, -0.1) is 0 Å². The first-order chi connectivity index (χ1) is 21.7. The third kappa shape index (κ3) is 5.07. The van der Waals surface area contributed by atoms with Gasteiger partial charge in [-0.25, -0.2) is 17.7 Å². The van der Waals surface area contributed by atoms with Crippen molar-refractivity contribution >= 4 is 44.8 Å². The quantitative estimate of drug-likeness (QED) is 0.219. The number of ether oxygens (including phenoxy) is 2. The molecule has 0 radical (unpaired) electrons. The Kier molecular flexibility index (Phi) is 8.57. The predicted octanol–water partition coefficient (Wildman–Crippen LogP) is 5.92. The molecule has 2 unspecified atom stereocenters. The van der Waals surface area contributed by atoms with Crippen LogP contribution in [0.1, 0.15) is 48.4 Å². The highest BCUT2D eigenvalue weighted by Gasteiger charge is 2.63. The summed E-state index contributed by atoms with van der Waals surface area (Å²) in [6.07, 6.45) is 4.36. The smallest absolute Gasteiger partial charge is 0.271 e. The summed E-state index contributed by atoms with van der Waals surface area (Å²) >= 11 is 13.2. The fourth-order valence-electron chi connectivity index (χ4n) is 6.39. The van der Waals surface area contributed by atoms with E-state index in [-0.39, 0.29) is 20.6 Å². The summed E-state index contributed by atoms with van der Waals surface area (Å²) in [7, 11) is -1.46. The van der Waals surface area contributed by atoms with E-state index in [2.05, 4.69) is 10.3 Å². The number of methoxy groups -OCH3 is 2. The molecule has 1 aromatic heterocycles. The van der Waals surface area contributed by atoms with Crippen LogP contribution in [0.15, 0.2) is 76.4 Å². The lowest BCUT2D eigenvalue weighted by Gasteiger charge is -2.41. The number of carbonyl (C=O) groups is 1. The summed E-state index contributed by atoms with van der Waals surface area (Å²) in [4.78, 5) is 21.7. The van der Waals surface area contributed by atoms with Gasteiger partial charge in [-0.1, -0.05) is 36.2 Å². The number of amides is 1. The maximum absolute atomic E-state index is 15.4. The second-order valence-corrected chi connectivity index (χ2v) is 13.4. The van der Waals surface area contributed by atoms with E-state index < -0.39 is 27.5 Å². The fraction of sp³-hybridized carbons (Fsp3) is 0.312. The molecule has 236 valence electrons. The van der Waals surface area contributed by atoms with E-state index >= 15 is 4.79 Å². The molecule has 1 amide bonds. The van der Waals surface area contributed by atoms with Crippen LogP contribution in [0.2, 0.25) is 10.0 Å². The first-order valence-electron chi connectivity index (χ1n) is 14.5. The number of hydrogen-bond acceptors (Lipinski definition) is 9. The van der Waals surface area contributed by atoms with E-state index in [0.717, 1.165) is 16.4 Å². The molecule has 1 fully saturated rings. The number of likely N-dealkylation sites (tertiary alicyclic amines) is 1. The lowest BCUT2D eigenvalue weighted by molar-refractivity contribution is -0.127. The number of oxazole rings is 1. The Labute approximate surface area is 271 Å². The van der Waals surface area contributed by atoms with E-state index in [4.69, 9.17) is 37.1 Å². The minimum Gasteiger partial charge on any atom is -0.497 e. The van der Waals surface area contributed by atoms with Gasteiger partial charge in [0.2, 0.25) is 5.89 Å². The number of sulfonamides is 1. The standard InChI is InChI=1S/C32H32Cl2N4O6S/c1-4-35-19-20-7-12-29(43-3)24(16-20)32(37-14-5-6-27(37)30-36-13-15-44-30)23-17-25(33)26(34)18-28(23)38(31(32)39)45(40,41)22-10-8-21(42-2)9-11-22/h7-13,15-18,27,35H,4-6,14,19H2,1-3H3. The van der Waals surface area contributed by atoms with Crippen LogP contribution in [-0.4, -0.2) is 51.5 Å². The van der Waals surface area contributed by atoms with Crippen molar-refractivity contribution in [3.8, 4) is 11.5 Å². The van der Waals surface area contributed by atoms with Crippen molar-refractivity contribution in [1.29, 1.82) is 0 Å². The number of aromatic nitrogens is 1. The van der Waals surface area contributed by atoms with E-state index in [0.29, 0.717) is 54.4 Å². The van der Waals surface area contributed by atoms with Gasteiger partial charge in [0.1, 0.15) is 17.8 Å². The zero-order valence-corrected chi connectivity index (χ0v) is 27.2. The van der Waals surface area contributed by atoms with Gasteiger partial charge in [0.25, 0.3) is 15.9 Å². The second kappa shape index (κ2) is 12.3. The molecular weight excluding hydrogens is 639 g/mol. The third-order valence-electron chi connectivity index (χ3n) is 8.39. The number of benzene rings is 3. The van der Waals surface area contributed by atoms with Gasteiger partial charge in [-0.3, -0.25) is 9.69 Å². The van der Waals surface area contributed by atoms with Crippen LogP contribution in [0.5, 0.6) is 11.5 Å². The Morgan fingerprint density at radius 3 is 2.47 bits per heavy atom. The molecule has 4 aromatic rings. The monoisotopic (exact) mass is 670 g/mol. The summed E-state index contributed by atoms with van der Waals surface area (Å²) < 4.78 is 46.8. The number of carbonyl (C=O) groups excluding carboxylic acids is 1. The van der Waals surface area contributed by atoms with Crippen LogP contribution in [0.4, 0.5) is 5.69 Å². The molecule has 1 saturated heterocycles. The maximum Gasteiger partial charge on any atom is 0.271 e. The zero-order valence-electron chi connectivity index (χ0n) is 24.9. The Balaban J connectivity index is 1.68. The second-order valence-electron chi connectivity index (χ2n) is 10.8. The highest BCUT2D eigenvalue weighted by Crippen LogP contribution is 2.57. The molecule has 0 saturated carbocycles. The molecule has 6 rings (SSSR count). The summed E-state index contributed by atoms with van der Waals surface area (Å²) in [5, 5.41) is 3.60. The van der Waals surface area contributed by atoms with Gasteiger partial charge in [0.05, 0.1) is 47.1 Å². The third-order valence-corrected chi connectivity index (χ3v) is 10.8. The average molecular weight is 672 g/mol. The van der Waals surface area contributed by atoms with Crippen LogP contribution < -0.4 is 19.1 Å².